The van der Waals surface area contributed by atoms with Crippen molar-refractivity contribution < 1.29 is 0 Å². The summed E-state index contributed by atoms with van der Waals surface area (Å²) in [5.41, 5.74) is 5.60. The van der Waals surface area contributed by atoms with Crippen molar-refractivity contribution >= 4 is 5.57 Å². The first-order chi connectivity index (χ1) is 10.6. The maximum absolute atomic E-state index is 4.00. The fourth-order valence-corrected chi connectivity index (χ4v) is 2.91. The lowest BCUT2D eigenvalue weighted by Crippen LogP contribution is -2.02. The fourth-order valence-electron chi connectivity index (χ4n) is 2.91. The van der Waals surface area contributed by atoms with Gasteiger partial charge in [0, 0.05) is 5.92 Å². The van der Waals surface area contributed by atoms with Crippen molar-refractivity contribution in [3.05, 3.63) is 77.9 Å². The number of aryl methyl sites for hydroxylation is 1. The molecule has 0 aliphatic heterocycles. The molecule has 0 spiro atoms. The van der Waals surface area contributed by atoms with E-state index in [4.69, 9.17) is 0 Å². The van der Waals surface area contributed by atoms with Gasteiger partial charge >= 0.3 is 0 Å². The molecule has 0 heteroatoms. The van der Waals surface area contributed by atoms with Crippen LogP contribution in [0.25, 0.3) is 5.57 Å². The molecule has 1 aliphatic carbocycles. The van der Waals surface area contributed by atoms with Gasteiger partial charge in [0.1, 0.15) is 0 Å². The molecule has 0 saturated carbocycles. The largest absolute Gasteiger partial charge is 0.102 e. The summed E-state index contributed by atoms with van der Waals surface area (Å²) in [7, 11) is 0. The van der Waals surface area contributed by atoms with Gasteiger partial charge in [-0.05, 0) is 54.4 Å². The van der Waals surface area contributed by atoms with Crippen LogP contribution in [0.1, 0.15) is 44.2 Å². The molecule has 0 amide bonds. The number of hydrogen-bond donors (Lipinski definition) is 0. The van der Waals surface area contributed by atoms with Crippen molar-refractivity contribution in [1.82, 2.24) is 0 Å². The molecule has 1 aromatic rings. The fraction of sp³-hybridized carbons (Fsp3) is 0.364. The Morgan fingerprint density at radius 1 is 1.32 bits per heavy atom. The first-order valence-corrected chi connectivity index (χ1v) is 8.37. The maximum Gasteiger partial charge on any atom is 0.00500 e. The molecule has 0 saturated heterocycles. The molecular formula is C22H28. The minimum Gasteiger partial charge on any atom is -0.102 e. The normalized spacial score (nSPS) is 18.5. The predicted octanol–water partition coefficient (Wildman–Crippen LogP) is 6.50. The second-order valence-corrected chi connectivity index (χ2v) is 6.59. The summed E-state index contributed by atoms with van der Waals surface area (Å²) < 4.78 is 0. The van der Waals surface area contributed by atoms with Crippen molar-refractivity contribution in [3.63, 3.8) is 0 Å². The van der Waals surface area contributed by atoms with Gasteiger partial charge < -0.3 is 0 Å². The minimum absolute atomic E-state index is 0.447. The van der Waals surface area contributed by atoms with E-state index in [1.54, 1.807) is 0 Å². The van der Waals surface area contributed by atoms with Crippen LogP contribution in [0, 0.1) is 18.8 Å². The molecule has 116 valence electrons. The van der Waals surface area contributed by atoms with E-state index < -0.39 is 0 Å². The Labute approximate surface area is 136 Å². The van der Waals surface area contributed by atoms with Gasteiger partial charge in [0.25, 0.3) is 0 Å². The molecule has 0 fully saturated rings. The van der Waals surface area contributed by atoms with Crippen molar-refractivity contribution in [1.29, 1.82) is 0 Å². The van der Waals surface area contributed by atoms with Gasteiger partial charge in [-0.25, -0.2) is 0 Å². The zero-order valence-electron chi connectivity index (χ0n) is 14.2. The summed E-state index contributed by atoms with van der Waals surface area (Å²) in [6, 6.07) is 8.72. The molecule has 0 bridgehead atoms. The molecule has 1 atom stereocenters. The summed E-state index contributed by atoms with van der Waals surface area (Å²) in [5, 5.41) is 0. The SMILES string of the molecule is C=CC1CC=CC=C1/C=C(\CCC(C)C)c1ccccc1C. The maximum atomic E-state index is 4.00. The summed E-state index contributed by atoms with van der Waals surface area (Å²) in [5.74, 6) is 1.17. The van der Waals surface area contributed by atoms with E-state index in [0.29, 0.717) is 5.92 Å². The Morgan fingerprint density at radius 2 is 2.09 bits per heavy atom. The van der Waals surface area contributed by atoms with Crippen molar-refractivity contribution in [2.75, 3.05) is 0 Å². The number of benzene rings is 1. The lowest BCUT2D eigenvalue weighted by atomic mass is 9.86. The van der Waals surface area contributed by atoms with E-state index in [2.05, 4.69) is 82.0 Å². The van der Waals surface area contributed by atoms with Gasteiger partial charge in [0.05, 0.1) is 0 Å². The molecular weight excluding hydrogens is 264 g/mol. The third-order valence-electron chi connectivity index (χ3n) is 4.35. The Kier molecular flexibility index (Phi) is 6.00. The Morgan fingerprint density at radius 3 is 2.77 bits per heavy atom. The van der Waals surface area contributed by atoms with Crippen LogP contribution >= 0.6 is 0 Å². The van der Waals surface area contributed by atoms with Crippen molar-refractivity contribution in [3.8, 4) is 0 Å². The molecule has 0 heterocycles. The van der Waals surface area contributed by atoms with Gasteiger partial charge in [-0.15, -0.1) is 6.58 Å². The second kappa shape index (κ2) is 7.98. The number of allylic oxidation sites excluding steroid dienone is 7. The Hall–Kier alpha value is -1.82. The molecule has 1 unspecified atom stereocenters. The molecule has 1 aliphatic rings. The van der Waals surface area contributed by atoms with Gasteiger partial charge in [-0.2, -0.15) is 0 Å². The summed E-state index contributed by atoms with van der Waals surface area (Å²) in [4.78, 5) is 0. The van der Waals surface area contributed by atoms with Crippen molar-refractivity contribution in [2.24, 2.45) is 11.8 Å². The topological polar surface area (TPSA) is 0 Å². The monoisotopic (exact) mass is 292 g/mol. The minimum atomic E-state index is 0.447. The standard InChI is InChI=1S/C22H28/c1-5-19-11-7-8-12-20(19)16-21(15-14-17(2)3)22-13-9-6-10-18(22)4/h5-10,12-13,16-17,19H,1,11,14-15H2,2-4H3/b21-16+. The average Bonchev–Trinajstić information content (AvgIpc) is 2.52. The van der Waals surface area contributed by atoms with Crippen LogP contribution in [0.5, 0.6) is 0 Å². The molecule has 22 heavy (non-hydrogen) atoms. The summed E-state index contributed by atoms with van der Waals surface area (Å²) >= 11 is 0. The first-order valence-electron chi connectivity index (χ1n) is 8.37. The van der Waals surface area contributed by atoms with Crippen LogP contribution in [-0.2, 0) is 0 Å². The molecule has 0 nitrogen and oxygen atoms in total. The third kappa shape index (κ3) is 4.34. The van der Waals surface area contributed by atoms with Crippen molar-refractivity contribution in [2.45, 2.75) is 40.0 Å². The van der Waals surface area contributed by atoms with Crippen LogP contribution in [0.3, 0.4) is 0 Å². The molecule has 0 aromatic heterocycles. The Balaban J connectivity index is 2.37. The lowest BCUT2D eigenvalue weighted by molar-refractivity contribution is 0.598. The van der Waals surface area contributed by atoms with Gasteiger partial charge in [-0.1, -0.05) is 68.5 Å². The van der Waals surface area contributed by atoms with E-state index >= 15 is 0 Å². The number of rotatable bonds is 6. The highest BCUT2D eigenvalue weighted by molar-refractivity contribution is 5.71. The zero-order valence-corrected chi connectivity index (χ0v) is 14.2. The summed E-state index contributed by atoms with van der Waals surface area (Å²) in [6.07, 6.45) is 14.5. The van der Waals surface area contributed by atoms with Crippen LogP contribution in [0.15, 0.2) is 66.8 Å². The van der Waals surface area contributed by atoms with Gasteiger partial charge in [0.2, 0.25) is 0 Å². The van der Waals surface area contributed by atoms with Gasteiger partial charge in [0.15, 0.2) is 0 Å². The molecule has 0 N–H and O–H groups in total. The predicted molar refractivity (Wildman–Crippen MR) is 98.8 cm³/mol. The lowest BCUT2D eigenvalue weighted by Gasteiger charge is -2.18. The summed E-state index contributed by atoms with van der Waals surface area (Å²) in [6.45, 7) is 10.8. The second-order valence-electron chi connectivity index (χ2n) is 6.59. The van der Waals surface area contributed by atoms with Crippen LogP contribution in [-0.4, -0.2) is 0 Å². The average molecular weight is 292 g/mol. The first kappa shape index (κ1) is 16.5. The van der Waals surface area contributed by atoms with Gasteiger partial charge in [-0.3, -0.25) is 0 Å². The highest BCUT2D eigenvalue weighted by Crippen LogP contribution is 2.30. The smallest absolute Gasteiger partial charge is 0.00500 e. The molecule has 0 radical (unpaired) electrons. The zero-order chi connectivity index (χ0) is 15.9. The van der Waals surface area contributed by atoms with Crippen LogP contribution < -0.4 is 0 Å². The van der Waals surface area contributed by atoms with E-state index in [0.717, 1.165) is 18.8 Å². The van der Waals surface area contributed by atoms with E-state index in [1.165, 1.54) is 28.7 Å². The highest BCUT2D eigenvalue weighted by atomic mass is 14.2. The Bertz CT molecular complexity index is 596. The number of hydrogen-bond acceptors (Lipinski definition) is 0. The molecule has 1 aromatic carbocycles. The quantitative estimate of drug-likeness (QED) is 0.525. The van der Waals surface area contributed by atoms with E-state index in [9.17, 15) is 0 Å². The third-order valence-corrected chi connectivity index (χ3v) is 4.35. The van der Waals surface area contributed by atoms with E-state index in [1.807, 2.05) is 0 Å². The van der Waals surface area contributed by atoms with E-state index in [-0.39, 0.29) is 0 Å². The highest BCUT2D eigenvalue weighted by Gasteiger charge is 2.13. The van der Waals surface area contributed by atoms with Crippen LogP contribution in [0.2, 0.25) is 0 Å². The van der Waals surface area contributed by atoms with Crippen LogP contribution in [0.4, 0.5) is 0 Å². The molecule has 2 rings (SSSR count).